The Hall–Kier alpha value is -1.03. The zero-order valence-electron chi connectivity index (χ0n) is 6.83. The Balaban J connectivity index is 3.28. The largest absolute Gasteiger partial charge is 0.476 e. The quantitative estimate of drug-likeness (QED) is 0.762. The summed E-state index contributed by atoms with van der Waals surface area (Å²) < 4.78 is 1.49. The number of aromatic nitrogens is 2. The number of carbonyl (C=O) groups is 1. The van der Waals surface area contributed by atoms with Crippen molar-refractivity contribution in [2.75, 3.05) is 0 Å². The van der Waals surface area contributed by atoms with Gasteiger partial charge in [-0.15, -0.1) is 0 Å². The normalized spacial score (nSPS) is 10.2. The molecule has 5 heteroatoms. The molecule has 12 heavy (non-hydrogen) atoms. The van der Waals surface area contributed by atoms with Gasteiger partial charge in [-0.3, -0.25) is 0 Å². The molecule has 1 aromatic rings. The number of nitrogens with zero attached hydrogens (tertiary/aromatic N) is 2. The lowest BCUT2D eigenvalue weighted by Crippen LogP contribution is -2.06. The minimum Gasteiger partial charge on any atom is -0.476 e. The third kappa shape index (κ3) is 1.30. The van der Waals surface area contributed by atoms with Gasteiger partial charge in [0, 0.05) is 13.5 Å². The summed E-state index contributed by atoms with van der Waals surface area (Å²) in [5.41, 5.74) is 0.0496. The van der Waals surface area contributed by atoms with E-state index in [1.165, 1.54) is 4.57 Å². The fourth-order valence-electron chi connectivity index (χ4n) is 1.06. The molecule has 1 N–H and O–H groups in total. The van der Waals surface area contributed by atoms with Crippen molar-refractivity contribution in [3.63, 3.8) is 0 Å². The van der Waals surface area contributed by atoms with Gasteiger partial charge in [0.15, 0.2) is 10.8 Å². The minimum absolute atomic E-state index is 0.0496. The molecular weight excluding hydrogens is 180 g/mol. The summed E-state index contributed by atoms with van der Waals surface area (Å²) in [6.07, 6.45) is 0.670. The zero-order valence-corrected chi connectivity index (χ0v) is 7.59. The number of hydrogen-bond donors (Lipinski definition) is 1. The topological polar surface area (TPSA) is 55.1 Å². The molecule has 0 aliphatic rings. The van der Waals surface area contributed by atoms with Crippen molar-refractivity contribution < 1.29 is 9.90 Å². The first-order valence-corrected chi connectivity index (χ1v) is 3.90. The molecule has 0 spiro atoms. The van der Waals surface area contributed by atoms with E-state index in [0.29, 0.717) is 12.2 Å². The third-order valence-electron chi connectivity index (χ3n) is 1.66. The van der Waals surface area contributed by atoms with Crippen LogP contribution in [0.15, 0.2) is 0 Å². The lowest BCUT2D eigenvalue weighted by molar-refractivity contribution is 0.0686. The molecule has 0 aliphatic heterocycles. The smallest absolute Gasteiger partial charge is 0.355 e. The number of aromatic carboxylic acids is 1. The minimum atomic E-state index is -1.05. The van der Waals surface area contributed by atoms with Crippen molar-refractivity contribution in [2.24, 2.45) is 7.05 Å². The van der Waals surface area contributed by atoms with Gasteiger partial charge >= 0.3 is 5.97 Å². The maximum Gasteiger partial charge on any atom is 0.355 e. The van der Waals surface area contributed by atoms with Crippen LogP contribution in [0.3, 0.4) is 0 Å². The highest BCUT2D eigenvalue weighted by molar-refractivity contribution is 6.32. The van der Waals surface area contributed by atoms with Crippen molar-refractivity contribution in [1.82, 2.24) is 9.55 Å². The summed E-state index contributed by atoms with van der Waals surface area (Å²) in [5, 5.41) is 8.77. The molecule has 66 valence electrons. The highest BCUT2D eigenvalue weighted by Crippen LogP contribution is 2.15. The number of imidazole rings is 1. The Morgan fingerprint density at radius 1 is 1.75 bits per heavy atom. The molecule has 4 nitrogen and oxygen atoms in total. The first kappa shape index (κ1) is 9.06. The summed E-state index contributed by atoms with van der Waals surface area (Å²) in [6.45, 7) is 1.89. The molecule has 0 saturated carbocycles. The number of halogens is 1. The van der Waals surface area contributed by atoms with Gasteiger partial charge in [0.05, 0.1) is 0 Å². The van der Waals surface area contributed by atoms with Crippen LogP contribution in [0.4, 0.5) is 0 Å². The average molecular weight is 189 g/mol. The maximum atomic E-state index is 10.6. The molecule has 1 aromatic heterocycles. The van der Waals surface area contributed by atoms with E-state index in [9.17, 15) is 4.79 Å². The van der Waals surface area contributed by atoms with Crippen LogP contribution in [-0.2, 0) is 13.5 Å². The first-order chi connectivity index (χ1) is 5.57. The maximum absolute atomic E-state index is 10.6. The van der Waals surface area contributed by atoms with Gasteiger partial charge in [-0.2, -0.15) is 0 Å². The number of aryl methyl sites for hydroxylation is 1. The van der Waals surface area contributed by atoms with Gasteiger partial charge < -0.3 is 9.67 Å². The van der Waals surface area contributed by atoms with Gasteiger partial charge in [0.25, 0.3) is 0 Å². The second kappa shape index (κ2) is 3.15. The van der Waals surface area contributed by atoms with E-state index in [1.54, 1.807) is 7.05 Å². The van der Waals surface area contributed by atoms with Crippen LogP contribution in [0.2, 0.25) is 5.15 Å². The van der Waals surface area contributed by atoms with Crippen LogP contribution in [0.1, 0.15) is 23.2 Å². The van der Waals surface area contributed by atoms with Crippen molar-refractivity contribution in [3.8, 4) is 0 Å². The summed E-state index contributed by atoms with van der Waals surface area (Å²) in [4.78, 5) is 14.5. The SMILES string of the molecule is CCc1nc(Cl)c(C(=O)O)n1C. The summed E-state index contributed by atoms with van der Waals surface area (Å²) in [5.74, 6) is -0.368. The molecule has 0 aliphatic carbocycles. The summed E-state index contributed by atoms with van der Waals surface area (Å²) >= 11 is 5.61. The fraction of sp³-hybridized carbons (Fsp3) is 0.429. The molecule has 0 saturated heterocycles. The Morgan fingerprint density at radius 2 is 2.33 bits per heavy atom. The van der Waals surface area contributed by atoms with Crippen LogP contribution >= 0.6 is 11.6 Å². The van der Waals surface area contributed by atoms with E-state index >= 15 is 0 Å². The molecule has 0 amide bonds. The Bertz CT molecular complexity index is 319. The molecule has 0 aromatic carbocycles. The predicted molar refractivity (Wildman–Crippen MR) is 44.6 cm³/mol. The van der Waals surface area contributed by atoms with Crippen LogP contribution in [0, 0.1) is 0 Å². The van der Waals surface area contributed by atoms with Gasteiger partial charge in [-0.05, 0) is 0 Å². The second-order valence-electron chi connectivity index (χ2n) is 2.39. The van der Waals surface area contributed by atoms with E-state index in [-0.39, 0.29) is 10.8 Å². The Kier molecular flexibility index (Phi) is 2.38. The van der Waals surface area contributed by atoms with Gasteiger partial charge in [-0.1, -0.05) is 18.5 Å². The summed E-state index contributed by atoms with van der Waals surface area (Å²) in [6, 6.07) is 0. The van der Waals surface area contributed by atoms with E-state index in [4.69, 9.17) is 16.7 Å². The van der Waals surface area contributed by atoms with Gasteiger partial charge in [0.1, 0.15) is 5.82 Å². The van der Waals surface area contributed by atoms with Gasteiger partial charge in [0.2, 0.25) is 0 Å². The van der Waals surface area contributed by atoms with E-state index in [0.717, 1.165) is 0 Å². The van der Waals surface area contributed by atoms with Crippen LogP contribution in [-0.4, -0.2) is 20.6 Å². The van der Waals surface area contributed by atoms with Crippen molar-refractivity contribution in [1.29, 1.82) is 0 Å². The number of carboxylic acids is 1. The molecule has 0 unspecified atom stereocenters. The molecular formula is C7H9ClN2O2. The summed E-state index contributed by atoms with van der Waals surface area (Å²) in [7, 11) is 1.64. The molecule has 0 bridgehead atoms. The standard InChI is InChI=1S/C7H9ClN2O2/c1-3-4-9-6(8)5(7(11)12)10(4)2/h3H2,1-2H3,(H,11,12). The van der Waals surface area contributed by atoms with E-state index < -0.39 is 5.97 Å². The highest BCUT2D eigenvalue weighted by atomic mass is 35.5. The number of hydrogen-bond acceptors (Lipinski definition) is 2. The van der Waals surface area contributed by atoms with Crippen LogP contribution < -0.4 is 0 Å². The Labute approximate surface area is 74.8 Å². The molecule has 0 fully saturated rings. The van der Waals surface area contributed by atoms with Crippen LogP contribution in [0.5, 0.6) is 0 Å². The fourth-order valence-corrected chi connectivity index (χ4v) is 1.36. The Morgan fingerprint density at radius 3 is 2.58 bits per heavy atom. The van der Waals surface area contributed by atoms with Crippen molar-refractivity contribution in [2.45, 2.75) is 13.3 Å². The van der Waals surface area contributed by atoms with Crippen molar-refractivity contribution >= 4 is 17.6 Å². The second-order valence-corrected chi connectivity index (χ2v) is 2.74. The molecule has 1 heterocycles. The van der Waals surface area contributed by atoms with Gasteiger partial charge in [-0.25, -0.2) is 9.78 Å². The zero-order chi connectivity index (χ0) is 9.30. The lowest BCUT2D eigenvalue weighted by Gasteiger charge is -1.98. The molecule has 0 atom stereocenters. The average Bonchev–Trinajstić information content (AvgIpc) is 2.25. The molecule has 1 rings (SSSR count). The lowest BCUT2D eigenvalue weighted by atomic mass is 10.4. The first-order valence-electron chi connectivity index (χ1n) is 3.52. The third-order valence-corrected chi connectivity index (χ3v) is 1.93. The van der Waals surface area contributed by atoms with Crippen molar-refractivity contribution in [3.05, 3.63) is 16.7 Å². The number of carboxylic acid groups (broad SMARTS) is 1. The monoisotopic (exact) mass is 188 g/mol. The predicted octanol–water partition coefficient (Wildman–Crippen LogP) is 1.33. The number of rotatable bonds is 2. The van der Waals surface area contributed by atoms with E-state index in [1.807, 2.05) is 6.92 Å². The van der Waals surface area contributed by atoms with E-state index in [2.05, 4.69) is 4.98 Å². The highest BCUT2D eigenvalue weighted by Gasteiger charge is 2.17. The van der Waals surface area contributed by atoms with Crippen LogP contribution in [0.25, 0.3) is 0 Å². The molecule has 0 radical (unpaired) electrons.